The summed E-state index contributed by atoms with van der Waals surface area (Å²) in [4.78, 5) is 42.8. The van der Waals surface area contributed by atoms with E-state index in [1.54, 1.807) is 47.6 Å². The van der Waals surface area contributed by atoms with Gasteiger partial charge in [0.25, 0.3) is 0 Å². The Bertz CT molecular complexity index is 1480. The molecule has 0 radical (unpaired) electrons. The molecule has 2 atom stereocenters. The summed E-state index contributed by atoms with van der Waals surface area (Å²) in [5, 5.41) is -0.662. The van der Waals surface area contributed by atoms with Crippen molar-refractivity contribution in [1.29, 1.82) is 0 Å². The maximum Gasteiger partial charge on any atom is 0.425 e. The number of aromatic nitrogens is 3. The molecule has 1 aliphatic heterocycles. The van der Waals surface area contributed by atoms with Crippen LogP contribution in [0.2, 0.25) is 5.02 Å². The minimum atomic E-state index is -1.03. The van der Waals surface area contributed by atoms with Crippen molar-refractivity contribution >= 4 is 46.5 Å². The molecule has 2 unspecified atom stereocenters. The molecule has 0 bridgehead atoms. The molecule has 1 aliphatic carbocycles. The fourth-order valence-corrected chi connectivity index (χ4v) is 4.89. The quantitative estimate of drug-likeness (QED) is 0.317. The number of halogens is 3. The molecule has 2 fully saturated rings. The van der Waals surface area contributed by atoms with Crippen LogP contribution in [-0.2, 0) is 9.47 Å². The zero-order valence-corrected chi connectivity index (χ0v) is 23.8. The molecule has 40 heavy (non-hydrogen) atoms. The maximum absolute atomic E-state index is 15.3. The van der Waals surface area contributed by atoms with Crippen LogP contribution in [0.25, 0.3) is 22.2 Å². The number of benzene rings is 1. The number of amides is 2. The second kappa shape index (κ2) is 9.79. The standard InChI is InChI=1S/C28H30ClF2N5O4/c1-27(2,3)39-25(37)36(26(38)40-28(4,5)6)24-23-22(32-13-33-24)17(16-7-8-18(30)20(29)21(16)31)10-19(34-23)35-11-14-9-15(14)12-35/h7-8,10,13-15H,9,11-12H2,1-6H3. The van der Waals surface area contributed by atoms with Gasteiger partial charge in [-0.05, 0) is 78.0 Å². The van der Waals surface area contributed by atoms with Gasteiger partial charge in [0, 0.05) is 24.2 Å². The number of imide groups is 1. The predicted octanol–water partition coefficient (Wildman–Crippen LogP) is 6.76. The maximum atomic E-state index is 15.3. The van der Waals surface area contributed by atoms with Gasteiger partial charge in [-0.2, -0.15) is 4.90 Å². The number of rotatable bonds is 3. The predicted molar refractivity (Wildman–Crippen MR) is 146 cm³/mol. The van der Waals surface area contributed by atoms with Crippen molar-refractivity contribution in [3.05, 3.63) is 41.2 Å². The van der Waals surface area contributed by atoms with E-state index in [0.717, 1.165) is 31.9 Å². The van der Waals surface area contributed by atoms with Crippen LogP contribution in [0.15, 0.2) is 24.5 Å². The fraction of sp³-hybridized carbons (Fsp3) is 0.464. The molecule has 5 rings (SSSR count). The van der Waals surface area contributed by atoms with Crippen LogP contribution in [0, 0.1) is 23.5 Å². The number of anilines is 2. The highest BCUT2D eigenvalue weighted by molar-refractivity contribution is 6.31. The summed E-state index contributed by atoms with van der Waals surface area (Å²) >= 11 is 5.92. The Morgan fingerprint density at radius 3 is 2.12 bits per heavy atom. The van der Waals surface area contributed by atoms with Crippen LogP contribution in [0.3, 0.4) is 0 Å². The molecule has 9 nitrogen and oxygen atoms in total. The first-order chi connectivity index (χ1) is 18.6. The van der Waals surface area contributed by atoms with Gasteiger partial charge >= 0.3 is 12.2 Å². The molecular formula is C28H30ClF2N5O4. The van der Waals surface area contributed by atoms with E-state index in [1.165, 1.54) is 6.07 Å². The van der Waals surface area contributed by atoms with Gasteiger partial charge in [-0.25, -0.2) is 33.3 Å². The Labute approximate surface area is 235 Å². The lowest BCUT2D eigenvalue weighted by atomic mass is 10.0. The SMILES string of the molecule is CC(C)(C)OC(=O)N(C(=O)OC(C)(C)C)c1ncnc2c(-c3ccc(F)c(Cl)c3F)cc(N3CC4CC4C3)nc12. The van der Waals surface area contributed by atoms with E-state index in [1.807, 2.05) is 4.90 Å². The highest BCUT2D eigenvalue weighted by Gasteiger charge is 2.46. The molecule has 3 heterocycles. The van der Waals surface area contributed by atoms with Gasteiger partial charge in [0.1, 0.15) is 45.2 Å². The summed E-state index contributed by atoms with van der Waals surface area (Å²) < 4.78 is 40.4. The molecule has 1 aromatic carbocycles. The normalized spacial score (nSPS) is 18.5. The summed E-state index contributed by atoms with van der Waals surface area (Å²) in [6.45, 7) is 11.4. The average molecular weight is 574 g/mol. The topological polar surface area (TPSA) is 97.8 Å². The van der Waals surface area contributed by atoms with Crippen LogP contribution in [0.5, 0.6) is 0 Å². The third-order valence-electron chi connectivity index (χ3n) is 6.55. The number of hydrogen-bond acceptors (Lipinski definition) is 8. The van der Waals surface area contributed by atoms with Crippen molar-refractivity contribution < 1.29 is 27.8 Å². The Morgan fingerprint density at radius 1 is 0.950 bits per heavy atom. The summed E-state index contributed by atoms with van der Waals surface area (Å²) in [7, 11) is 0. The largest absolute Gasteiger partial charge is 0.443 e. The van der Waals surface area contributed by atoms with Crippen molar-refractivity contribution in [2.75, 3.05) is 22.9 Å². The third-order valence-corrected chi connectivity index (χ3v) is 6.90. The molecule has 12 heteroatoms. The zero-order chi connectivity index (χ0) is 29.1. The van der Waals surface area contributed by atoms with Crippen LogP contribution < -0.4 is 9.80 Å². The summed E-state index contributed by atoms with van der Waals surface area (Å²) in [5.41, 5.74) is -1.51. The molecule has 0 N–H and O–H groups in total. The van der Waals surface area contributed by atoms with Crippen molar-refractivity contribution in [1.82, 2.24) is 15.0 Å². The summed E-state index contributed by atoms with van der Waals surface area (Å²) in [6, 6.07) is 3.98. The van der Waals surface area contributed by atoms with E-state index in [0.29, 0.717) is 22.6 Å². The fourth-order valence-electron chi connectivity index (χ4n) is 4.73. The van der Waals surface area contributed by atoms with Gasteiger partial charge in [0.2, 0.25) is 0 Å². The van der Waals surface area contributed by atoms with Crippen molar-refractivity contribution in [2.45, 2.75) is 59.2 Å². The van der Waals surface area contributed by atoms with Gasteiger partial charge in [0.05, 0.1) is 0 Å². The number of piperidine rings is 1. The summed E-state index contributed by atoms with van der Waals surface area (Å²) in [5.74, 6) is -0.513. The van der Waals surface area contributed by atoms with E-state index in [4.69, 9.17) is 26.1 Å². The first-order valence-corrected chi connectivity index (χ1v) is 13.3. The van der Waals surface area contributed by atoms with Gasteiger partial charge in [0.15, 0.2) is 11.6 Å². The number of carbonyl (C=O) groups excluding carboxylic acids is 2. The lowest BCUT2D eigenvalue weighted by molar-refractivity contribution is 0.0429. The van der Waals surface area contributed by atoms with E-state index >= 15 is 4.39 Å². The second-order valence-electron chi connectivity index (χ2n) is 12.1. The van der Waals surface area contributed by atoms with Crippen LogP contribution >= 0.6 is 11.6 Å². The van der Waals surface area contributed by atoms with E-state index in [2.05, 4.69) is 9.97 Å². The number of fused-ring (bicyclic) bond motifs is 2. The number of ether oxygens (including phenoxy) is 2. The van der Waals surface area contributed by atoms with Crippen LogP contribution in [0.4, 0.5) is 30.0 Å². The summed E-state index contributed by atoms with van der Waals surface area (Å²) in [6.07, 6.45) is 0.194. The van der Waals surface area contributed by atoms with Gasteiger partial charge in [-0.3, -0.25) is 0 Å². The smallest absolute Gasteiger partial charge is 0.425 e. The molecule has 0 spiro atoms. The van der Waals surface area contributed by atoms with Crippen molar-refractivity contribution in [3.63, 3.8) is 0 Å². The van der Waals surface area contributed by atoms with Gasteiger partial charge in [-0.1, -0.05) is 11.6 Å². The molecule has 2 aromatic heterocycles. The monoisotopic (exact) mass is 573 g/mol. The number of pyridine rings is 1. The molecule has 212 valence electrons. The molecule has 2 amide bonds. The number of nitrogens with zero attached hydrogens (tertiary/aromatic N) is 5. The number of hydrogen-bond donors (Lipinski definition) is 0. The highest BCUT2D eigenvalue weighted by atomic mass is 35.5. The first kappa shape index (κ1) is 27.9. The Balaban J connectivity index is 1.74. The number of carbonyl (C=O) groups is 2. The zero-order valence-electron chi connectivity index (χ0n) is 23.1. The Morgan fingerprint density at radius 2 is 1.55 bits per heavy atom. The van der Waals surface area contributed by atoms with Gasteiger partial charge < -0.3 is 14.4 Å². The van der Waals surface area contributed by atoms with Crippen molar-refractivity contribution in [2.24, 2.45) is 11.8 Å². The van der Waals surface area contributed by atoms with E-state index in [9.17, 15) is 14.0 Å². The highest BCUT2D eigenvalue weighted by Crippen LogP contribution is 2.47. The third kappa shape index (κ3) is 5.52. The van der Waals surface area contributed by atoms with Crippen LogP contribution in [0.1, 0.15) is 48.0 Å². The second-order valence-corrected chi connectivity index (χ2v) is 12.5. The Hall–Kier alpha value is -3.60. The molecular weight excluding hydrogens is 544 g/mol. The van der Waals surface area contributed by atoms with Crippen LogP contribution in [-0.4, -0.2) is 51.4 Å². The molecule has 2 aliphatic rings. The lowest BCUT2D eigenvalue weighted by Gasteiger charge is -2.28. The van der Waals surface area contributed by atoms with Crippen molar-refractivity contribution in [3.8, 4) is 11.1 Å². The molecule has 3 aromatic rings. The van der Waals surface area contributed by atoms with E-state index < -0.39 is 40.0 Å². The lowest BCUT2D eigenvalue weighted by Crippen LogP contribution is -2.44. The molecule has 1 saturated carbocycles. The first-order valence-electron chi connectivity index (χ1n) is 12.9. The molecule has 1 saturated heterocycles. The average Bonchev–Trinajstić information content (AvgIpc) is 3.44. The minimum Gasteiger partial charge on any atom is -0.443 e. The minimum absolute atomic E-state index is 0.0184. The van der Waals surface area contributed by atoms with E-state index in [-0.39, 0.29) is 28.0 Å². The van der Waals surface area contributed by atoms with Gasteiger partial charge in [-0.15, -0.1) is 0 Å². The Kier molecular flexibility index (Phi) is 6.84.